The van der Waals surface area contributed by atoms with Gasteiger partial charge >= 0.3 is 5.97 Å². The molecular weight excluding hydrogens is 444 g/mol. The van der Waals surface area contributed by atoms with Crippen LogP contribution in [0.5, 0.6) is 0 Å². The maximum Gasteiger partial charge on any atom is 0.341 e. The Morgan fingerprint density at radius 1 is 1.38 bits per heavy atom. The van der Waals surface area contributed by atoms with E-state index in [-0.39, 0.29) is 17.8 Å². The number of aromatic nitrogens is 1. The summed E-state index contributed by atoms with van der Waals surface area (Å²) in [7, 11) is 2.88. The van der Waals surface area contributed by atoms with E-state index in [1.54, 1.807) is 30.6 Å². The number of rotatable bonds is 3. The molecule has 0 saturated carbocycles. The molecule has 0 spiro atoms. The Morgan fingerprint density at radius 3 is 2.79 bits per heavy atom. The number of ether oxygens (including phenoxy) is 1. The number of carbonyl (C=O) groups is 1. The second kappa shape index (κ2) is 6.64. The van der Waals surface area contributed by atoms with Crippen molar-refractivity contribution in [1.82, 2.24) is 4.57 Å². The first-order valence-corrected chi connectivity index (χ1v) is 9.01. The molecule has 0 saturated heterocycles. The highest BCUT2D eigenvalue weighted by Crippen LogP contribution is 2.27. The number of benzene rings is 1. The van der Waals surface area contributed by atoms with Gasteiger partial charge in [0, 0.05) is 22.7 Å². The number of carbonyl (C=O) groups excluding carboxylic acids is 1. The number of hydrogen-bond acceptors (Lipinski definition) is 4. The Hall–Kier alpha value is -1.74. The molecule has 1 aromatic carbocycles. The topological polar surface area (TPSA) is 48.3 Å². The largest absolute Gasteiger partial charge is 0.465 e. The number of fused-ring (bicyclic) bond motifs is 1. The summed E-state index contributed by atoms with van der Waals surface area (Å²) in [4.78, 5) is 24.8. The number of nitrogens with zero attached hydrogens (tertiary/aromatic N) is 1. The quantitative estimate of drug-likeness (QED) is 0.445. The Labute approximate surface area is 155 Å². The van der Waals surface area contributed by atoms with Crippen molar-refractivity contribution in [3.8, 4) is 0 Å². The summed E-state index contributed by atoms with van der Waals surface area (Å²) < 4.78 is 21.9. The second-order valence-electron chi connectivity index (χ2n) is 5.25. The summed E-state index contributed by atoms with van der Waals surface area (Å²) in [5.74, 6) is -0.893. The minimum atomic E-state index is -0.529. The summed E-state index contributed by atoms with van der Waals surface area (Å²) in [6.07, 6.45) is 0.132. The molecule has 0 aliphatic rings. The molecule has 2 heterocycles. The van der Waals surface area contributed by atoms with Gasteiger partial charge in [-0.25, -0.2) is 9.18 Å². The highest BCUT2D eigenvalue weighted by atomic mass is 127. The number of pyridine rings is 1. The van der Waals surface area contributed by atoms with Gasteiger partial charge in [0.25, 0.3) is 5.56 Å². The zero-order valence-corrected chi connectivity index (χ0v) is 15.9. The molecule has 0 bridgehead atoms. The van der Waals surface area contributed by atoms with E-state index in [1.807, 2.05) is 22.6 Å². The van der Waals surface area contributed by atoms with Crippen LogP contribution < -0.4 is 5.56 Å². The first-order chi connectivity index (χ1) is 11.4. The minimum Gasteiger partial charge on any atom is -0.465 e. The predicted octanol–water partition coefficient (Wildman–Crippen LogP) is 3.72. The van der Waals surface area contributed by atoms with Crippen molar-refractivity contribution >= 4 is 50.0 Å². The standard InChI is InChI=1S/C17H13FINO3S/c1-20-13(7-9-3-4-10(19)8-12(9)18)14(17(22)23-2)15-11(16(20)21)5-6-24-15/h3-6,8H,7H2,1-2H3. The molecule has 0 radical (unpaired) electrons. The van der Waals surface area contributed by atoms with Gasteiger partial charge in [0.1, 0.15) is 5.82 Å². The molecule has 0 fully saturated rings. The van der Waals surface area contributed by atoms with Crippen molar-refractivity contribution in [1.29, 1.82) is 0 Å². The molecule has 0 aliphatic heterocycles. The zero-order valence-electron chi connectivity index (χ0n) is 12.9. The van der Waals surface area contributed by atoms with Gasteiger partial charge in [0.15, 0.2) is 0 Å². The summed E-state index contributed by atoms with van der Waals surface area (Å²) in [6.45, 7) is 0. The summed E-state index contributed by atoms with van der Waals surface area (Å²) >= 11 is 3.33. The van der Waals surface area contributed by atoms with Crippen molar-refractivity contribution in [2.45, 2.75) is 6.42 Å². The molecular formula is C17H13FINO3S. The van der Waals surface area contributed by atoms with Crippen molar-refractivity contribution < 1.29 is 13.9 Å². The van der Waals surface area contributed by atoms with Crippen LogP contribution >= 0.6 is 33.9 Å². The van der Waals surface area contributed by atoms with Gasteiger partial charge in [-0.1, -0.05) is 6.07 Å². The van der Waals surface area contributed by atoms with Gasteiger partial charge < -0.3 is 9.30 Å². The summed E-state index contributed by atoms with van der Waals surface area (Å²) in [5.41, 5.74) is 0.982. The molecule has 3 rings (SSSR count). The number of thiophene rings is 1. The van der Waals surface area contributed by atoms with Crippen LogP contribution in [-0.4, -0.2) is 17.6 Å². The fourth-order valence-electron chi connectivity index (χ4n) is 2.64. The Balaban J connectivity index is 2.27. The third-order valence-electron chi connectivity index (χ3n) is 3.88. The lowest BCUT2D eigenvalue weighted by molar-refractivity contribution is 0.0601. The Kier molecular flexibility index (Phi) is 4.73. The monoisotopic (exact) mass is 457 g/mol. The average Bonchev–Trinajstić information content (AvgIpc) is 3.03. The molecule has 7 heteroatoms. The SMILES string of the molecule is COC(=O)c1c(Cc2ccc(I)cc2F)n(C)c(=O)c2ccsc12. The van der Waals surface area contributed by atoms with Gasteiger partial charge in [0.05, 0.1) is 22.8 Å². The van der Waals surface area contributed by atoms with E-state index in [9.17, 15) is 14.0 Å². The fourth-order valence-corrected chi connectivity index (χ4v) is 4.03. The summed E-state index contributed by atoms with van der Waals surface area (Å²) in [6, 6.07) is 6.57. The van der Waals surface area contributed by atoms with Crippen LogP contribution in [-0.2, 0) is 18.2 Å². The Morgan fingerprint density at radius 2 is 2.12 bits per heavy atom. The molecule has 24 heavy (non-hydrogen) atoms. The van der Waals surface area contributed by atoms with Gasteiger partial charge in [-0.15, -0.1) is 11.3 Å². The van der Waals surface area contributed by atoms with E-state index in [4.69, 9.17) is 4.74 Å². The minimum absolute atomic E-state index is 0.132. The third-order valence-corrected chi connectivity index (χ3v) is 5.49. The van der Waals surface area contributed by atoms with E-state index >= 15 is 0 Å². The lowest BCUT2D eigenvalue weighted by Gasteiger charge is -2.14. The lowest BCUT2D eigenvalue weighted by atomic mass is 10.0. The van der Waals surface area contributed by atoms with E-state index in [0.29, 0.717) is 26.9 Å². The molecule has 4 nitrogen and oxygen atoms in total. The maximum atomic E-state index is 14.2. The van der Waals surface area contributed by atoms with Crippen LogP contribution in [0.3, 0.4) is 0 Å². The highest BCUT2D eigenvalue weighted by Gasteiger charge is 2.23. The molecule has 0 amide bonds. The lowest BCUT2D eigenvalue weighted by Crippen LogP contribution is -2.24. The van der Waals surface area contributed by atoms with Crippen LogP contribution in [0.15, 0.2) is 34.4 Å². The van der Waals surface area contributed by atoms with Crippen molar-refractivity contribution in [2.24, 2.45) is 7.05 Å². The number of hydrogen-bond donors (Lipinski definition) is 0. The molecule has 0 N–H and O–H groups in total. The van der Waals surface area contributed by atoms with Crippen molar-refractivity contribution in [3.63, 3.8) is 0 Å². The van der Waals surface area contributed by atoms with Crippen LogP contribution in [0, 0.1) is 9.39 Å². The van der Waals surface area contributed by atoms with E-state index in [1.165, 1.54) is 29.1 Å². The summed E-state index contributed by atoms with van der Waals surface area (Å²) in [5, 5.41) is 2.23. The number of methoxy groups -OCH3 is 1. The normalized spacial score (nSPS) is 11.0. The van der Waals surface area contributed by atoms with E-state index in [2.05, 4.69) is 0 Å². The maximum absolute atomic E-state index is 14.2. The van der Waals surface area contributed by atoms with E-state index in [0.717, 1.165) is 3.57 Å². The van der Waals surface area contributed by atoms with Gasteiger partial charge in [-0.3, -0.25) is 4.79 Å². The van der Waals surface area contributed by atoms with Crippen molar-refractivity contribution in [3.05, 3.63) is 66.2 Å². The molecule has 124 valence electrons. The number of esters is 1. The zero-order chi connectivity index (χ0) is 17.4. The Bertz CT molecular complexity index is 1010. The molecule has 2 aromatic heterocycles. The van der Waals surface area contributed by atoms with E-state index < -0.39 is 5.97 Å². The van der Waals surface area contributed by atoms with Crippen LogP contribution in [0.1, 0.15) is 21.6 Å². The molecule has 0 aliphatic carbocycles. The predicted molar refractivity (Wildman–Crippen MR) is 100 cm³/mol. The van der Waals surface area contributed by atoms with Crippen LogP contribution in [0.25, 0.3) is 10.1 Å². The average molecular weight is 457 g/mol. The molecule has 3 aromatic rings. The molecule has 0 atom stereocenters. The first-order valence-electron chi connectivity index (χ1n) is 7.05. The van der Waals surface area contributed by atoms with Crippen molar-refractivity contribution in [2.75, 3.05) is 7.11 Å². The smallest absolute Gasteiger partial charge is 0.341 e. The van der Waals surface area contributed by atoms with Gasteiger partial charge in [0.2, 0.25) is 0 Å². The fraction of sp³-hybridized carbons (Fsp3) is 0.176. The third kappa shape index (κ3) is 2.86. The highest BCUT2D eigenvalue weighted by molar-refractivity contribution is 14.1. The van der Waals surface area contributed by atoms with Gasteiger partial charge in [-0.05, 0) is 51.7 Å². The van der Waals surface area contributed by atoms with Crippen LogP contribution in [0.2, 0.25) is 0 Å². The molecule has 0 unspecified atom stereocenters. The number of halogens is 2. The van der Waals surface area contributed by atoms with Gasteiger partial charge in [-0.2, -0.15) is 0 Å². The first kappa shape index (κ1) is 17.1. The second-order valence-corrected chi connectivity index (χ2v) is 7.42. The van der Waals surface area contributed by atoms with Crippen LogP contribution in [0.4, 0.5) is 4.39 Å².